The molecule has 0 unspecified atom stereocenters. The molecule has 10 heavy (non-hydrogen) atoms. The molecule has 2 nitrogen and oxygen atoms in total. The minimum atomic E-state index is 0.669. The fourth-order valence-corrected chi connectivity index (χ4v) is 0.974. The largest absolute Gasteiger partial charge is 0.335 e. The third-order valence-electron chi connectivity index (χ3n) is 1.72. The number of aromatic nitrogens is 2. The van der Waals surface area contributed by atoms with Crippen LogP contribution in [0.5, 0.6) is 0 Å². The van der Waals surface area contributed by atoms with Crippen molar-refractivity contribution in [1.82, 2.24) is 9.97 Å². The highest BCUT2D eigenvalue weighted by atomic mass is 14.9. The molecule has 1 fully saturated rings. The SMILES string of the molecule is C#Cc1cnc(C2CC2)[nH]1. The number of nitrogens with zero attached hydrogens (tertiary/aromatic N) is 1. The summed E-state index contributed by atoms with van der Waals surface area (Å²) in [4.78, 5) is 7.23. The second-order valence-corrected chi connectivity index (χ2v) is 2.60. The lowest BCUT2D eigenvalue weighted by Gasteiger charge is -1.84. The molecular formula is C8H8N2. The van der Waals surface area contributed by atoms with Crippen LogP contribution in [0.25, 0.3) is 0 Å². The van der Waals surface area contributed by atoms with E-state index in [9.17, 15) is 0 Å². The van der Waals surface area contributed by atoms with Crippen molar-refractivity contribution in [3.05, 3.63) is 17.7 Å². The molecule has 0 aliphatic heterocycles. The van der Waals surface area contributed by atoms with Crippen LogP contribution in [-0.2, 0) is 0 Å². The highest BCUT2D eigenvalue weighted by Gasteiger charge is 2.25. The second kappa shape index (κ2) is 1.88. The fourth-order valence-electron chi connectivity index (χ4n) is 0.974. The molecule has 0 bridgehead atoms. The van der Waals surface area contributed by atoms with Crippen LogP contribution in [-0.4, -0.2) is 9.97 Å². The Kier molecular flexibility index (Phi) is 1.04. The van der Waals surface area contributed by atoms with Gasteiger partial charge in [0.1, 0.15) is 11.5 Å². The third kappa shape index (κ3) is 0.801. The summed E-state index contributed by atoms with van der Waals surface area (Å²) < 4.78 is 0. The van der Waals surface area contributed by atoms with Gasteiger partial charge in [-0.1, -0.05) is 5.92 Å². The molecule has 0 atom stereocenters. The Morgan fingerprint density at radius 1 is 1.70 bits per heavy atom. The number of terminal acetylenes is 1. The van der Waals surface area contributed by atoms with Gasteiger partial charge in [-0.3, -0.25) is 0 Å². The van der Waals surface area contributed by atoms with Gasteiger partial charge in [0.2, 0.25) is 0 Å². The average Bonchev–Trinajstić information content (AvgIpc) is 2.70. The summed E-state index contributed by atoms with van der Waals surface area (Å²) in [6, 6.07) is 0. The van der Waals surface area contributed by atoms with Gasteiger partial charge in [0.15, 0.2) is 0 Å². The van der Waals surface area contributed by atoms with Gasteiger partial charge in [-0.15, -0.1) is 6.42 Å². The lowest BCUT2D eigenvalue weighted by atomic mass is 10.4. The van der Waals surface area contributed by atoms with Crippen LogP contribution in [0.4, 0.5) is 0 Å². The Morgan fingerprint density at radius 3 is 3.00 bits per heavy atom. The summed E-state index contributed by atoms with van der Waals surface area (Å²) in [5, 5.41) is 0. The van der Waals surface area contributed by atoms with Crippen molar-refractivity contribution in [2.45, 2.75) is 18.8 Å². The van der Waals surface area contributed by atoms with Crippen molar-refractivity contribution in [3.63, 3.8) is 0 Å². The summed E-state index contributed by atoms with van der Waals surface area (Å²) in [6.07, 6.45) is 9.40. The van der Waals surface area contributed by atoms with Gasteiger partial charge >= 0.3 is 0 Å². The van der Waals surface area contributed by atoms with Crippen molar-refractivity contribution >= 4 is 0 Å². The zero-order valence-corrected chi connectivity index (χ0v) is 5.59. The van der Waals surface area contributed by atoms with Gasteiger partial charge in [0, 0.05) is 5.92 Å². The van der Waals surface area contributed by atoms with Crippen molar-refractivity contribution in [2.75, 3.05) is 0 Å². The van der Waals surface area contributed by atoms with Gasteiger partial charge in [0.05, 0.1) is 6.20 Å². The molecule has 1 saturated carbocycles. The van der Waals surface area contributed by atoms with Gasteiger partial charge in [-0.2, -0.15) is 0 Å². The highest BCUT2D eigenvalue weighted by molar-refractivity contribution is 5.24. The standard InChI is InChI=1S/C8H8N2/c1-2-7-5-9-8(10-7)6-3-4-6/h1,5-6H,3-4H2,(H,9,10). The Balaban J connectivity index is 2.29. The van der Waals surface area contributed by atoms with Gasteiger partial charge in [-0.25, -0.2) is 4.98 Å². The quantitative estimate of drug-likeness (QED) is 0.573. The van der Waals surface area contributed by atoms with Gasteiger partial charge in [0.25, 0.3) is 0 Å². The summed E-state index contributed by atoms with van der Waals surface area (Å²) >= 11 is 0. The van der Waals surface area contributed by atoms with Crippen LogP contribution in [0.15, 0.2) is 6.20 Å². The lowest BCUT2D eigenvalue weighted by Crippen LogP contribution is -1.80. The molecule has 1 aliphatic carbocycles. The van der Waals surface area contributed by atoms with Crippen LogP contribution in [0.2, 0.25) is 0 Å². The van der Waals surface area contributed by atoms with E-state index in [-0.39, 0.29) is 0 Å². The van der Waals surface area contributed by atoms with E-state index in [2.05, 4.69) is 15.9 Å². The summed E-state index contributed by atoms with van der Waals surface area (Å²) in [7, 11) is 0. The fraction of sp³-hybridized carbons (Fsp3) is 0.375. The van der Waals surface area contributed by atoms with E-state index in [0.717, 1.165) is 11.5 Å². The monoisotopic (exact) mass is 132 g/mol. The molecule has 1 aromatic rings. The summed E-state index contributed by atoms with van der Waals surface area (Å²) in [5.74, 6) is 4.24. The number of rotatable bonds is 1. The van der Waals surface area contributed by atoms with Gasteiger partial charge in [-0.05, 0) is 12.8 Å². The number of nitrogens with one attached hydrogen (secondary N) is 1. The molecule has 1 heterocycles. The molecular weight excluding hydrogens is 124 g/mol. The van der Waals surface area contributed by atoms with E-state index in [1.54, 1.807) is 6.20 Å². The predicted molar refractivity (Wildman–Crippen MR) is 38.5 cm³/mol. The van der Waals surface area contributed by atoms with Crippen LogP contribution < -0.4 is 0 Å². The van der Waals surface area contributed by atoms with Crippen LogP contribution in [0.1, 0.15) is 30.3 Å². The maximum Gasteiger partial charge on any atom is 0.110 e. The smallest absolute Gasteiger partial charge is 0.110 e. The molecule has 0 saturated heterocycles. The lowest BCUT2D eigenvalue weighted by molar-refractivity contribution is 0.973. The first-order chi connectivity index (χ1) is 4.90. The molecule has 50 valence electrons. The van der Waals surface area contributed by atoms with Crippen LogP contribution in [0.3, 0.4) is 0 Å². The molecule has 1 N–H and O–H groups in total. The average molecular weight is 132 g/mol. The molecule has 2 heteroatoms. The number of hydrogen-bond acceptors (Lipinski definition) is 1. The van der Waals surface area contributed by atoms with E-state index in [1.165, 1.54) is 12.8 Å². The van der Waals surface area contributed by atoms with E-state index in [4.69, 9.17) is 6.42 Å². The summed E-state index contributed by atoms with van der Waals surface area (Å²) in [6.45, 7) is 0. The maximum atomic E-state index is 5.16. The zero-order chi connectivity index (χ0) is 6.97. The predicted octanol–water partition coefficient (Wildman–Crippen LogP) is 1.27. The number of H-pyrrole nitrogens is 1. The highest BCUT2D eigenvalue weighted by Crippen LogP contribution is 2.37. The molecule has 1 aliphatic rings. The topological polar surface area (TPSA) is 28.7 Å². The minimum absolute atomic E-state index is 0.669. The number of imidazole rings is 1. The Hall–Kier alpha value is -1.23. The Bertz CT molecular complexity index is 276. The molecule has 0 radical (unpaired) electrons. The first-order valence-electron chi connectivity index (χ1n) is 3.41. The first-order valence-corrected chi connectivity index (χ1v) is 3.41. The van der Waals surface area contributed by atoms with Crippen molar-refractivity contribution in [2.24, 2.45) is 0 Å². The number of aromatic amines is 1. The van der Waals surface area contributed by atoms with E-state index in [1.807, 2.05) is 0 Å². The third-order valence-corrected chi connectivity index (χ3v) is 1.72. The maximum absolute atomic E-state index is 5.16. The summed E-state index contributed by atoms with van der Waals surface area (Å²) in [5.41, 5.74) is 0.793. The normalized spacial score (nSPS) is 16.7. The van der Waals surface area contributed by atoms with E-state index >= 15 is 0 Å². The minimum Gasteiger partial charge on any atom is -0.335 e. The molecule has 0 spiro atoms. The molecule has 2 rings (SSSR count). The van der Waals surface area contributed by atoms with E-state index in [0.29, 0.717) is 5.92 Å². The molecule has 0 amide bonds. The number of hydrogen-bond donors (Lipinski definition) is 1. The van der Waals surface area contributed by atoms with E-state index < -0.39 is 0 Å². The second-order valence-electron chi connectivity index (χ2n) is 2.60. The van der Waals surface area contributed by atoms with Crippen molar-refractivity contribution < 1.29 is 0 Å². The Morgan fingerprint density at radius 2 is 2.50 bits per heavy atom. The van der Waals surface area contributed by atoms with Crippen LogP contribution in [0, 0.1) is 12.3 Å². The molecule has 0 aromatic carbocycles. The van der Waals surface area contributed by atoms with Crippen LogP contribution >= 0.6 is 0 Å². The first kappa shape index (κ1) is 5.55. The van der Waals surface area contributed by atoms with Gasteiger partial charge < -0.3 is 4.98 Å². The molecule has 1 aromatic heterocycles. The Labute approximate surface area is 59.7 Å². The van der Waals surface area contributed by atoms with Crippen molar-refractivity contribution in [1.29, 1.82) is 0 Å². The zero-order valence-electron chi connectivity index (χ0n) is 5.59. The van der Waals surface area contributed by atoms with Crippen molar-refractivity contribution in [3.8, 4) is 12.3 Å².